The Morgan fingerprint density at radius 1 is 1.35 bits per heavy atom. The largest absolute Gasteiger partial charge is 0.508 e. The van der Waals surface area contributed by atoms with Gasteiger partial charge < -0.3 is 10.2 Å². The Labute approximate surface area is 136 Å². The van der Waals surface area contributed by atoms with E-state index in [4.69, 9.17) is 0 Å². The molecule has 0 radical (unpaired) electrons. The van der Waals surface area contributed by atoms with Gasteiger partial charge in [-0.15, -0.1) is 6.58 Å². The summed E-state index contributed by atoms with van der Waals surface area (Å²) in [5.74, 6) is 1.38. The summed E-state index contributed by atoms with van der Waals surface area (Å²) in [5, 5.41) is 21.7. The predicted molar refractivity (Wildman–Crippen MR) is 90.1 cm³/mol. The number of rotatable bonds is 3. The number of pyridine rings is 1. The van der Waals surface area contributed by atoms with Crippen molar-refractivity contribution in [2.45, 2.75) is 25.0 Å². The Morgan fingerprint density at radius 2 is 2.22 bits per heavy atom. The zero-order valence-corrected chi connectivity index (χ0v) is 13.1. The molecule has 5 rings (SSSR count). The molecule has 2 bridgehead atoms. The zero-order chi connectivity index (χ0) is 16.0. The zero-order valence-electron chi connectivity index (χ0n) is 13.1. The van der Waals surface area contributed by atoms with Crippen molar-refractivity contribution in [1.82, 2.24) is 9.88 Å². The highest BCUT2D eigenvalue weighted by Crippen LogP contribution is 2.42. The van der Waals surface area contributed by atoms with Crippen molar-refractivity contribution < 1.29 is 10.2 Å². The van der Waals surface area contributed by atoms with Crippen LogP contribution in [-0.4, -0.2) is 39.2 Å². The molecule has 4 heterocycles. The summed E-state index contributed by atoms with van der Waals surface area (Å²) in [5.41, 5.74) is 1.66. The summed E-state index contributed by atoms with van der Waals surface area (Å²) < 4.78 is 0. The molecule has 5 atom stereocenters. The Kier molecular flexibility index (Phi) is 3.58. The summed E-state index contributed by atoms with van der Waals surface area (Å²) >= 11 is 0. The Bertz CT molecular complexity index is 745. The number of nitrogens with zero attached hydrogens (tertiary/aromatic N) is 2. The normalized spacial score (nSPS) is 31.2. The van der Waals surface area contributed by atoms with Crippen LogP contribution >= 0.6 is 0 Å². The van der Waals surface area contributed by atoms with Gasteiger partial charge in [0, 0.05) is 24.2 Å². The summed E-state index contributed by atoms with van der Waals surface area (Å²) in [6, 6.07) is 7.14. The highest BCUT2D eigenvalue weighted by molar-refractivity contribution is 5.83. The molecule has 1 aromatic heterocycles. The molecule has 0 amide bonds. The number of aromatic nitrogens is 1. The van der Waals surface area contributed by atoms with E-state index in [0.29, 0.717) is 11.8 Å². The summed E-state index contributed by atoms with van der Waals surface area (Å²) in [7, 11) is 0. The van der Waals surface area contributed by atoms with E-state index in [9.17, 15) is 10.2 Å². The maximum atomic E-state index is 11.0. The maximum absolute atomic E-state index is 11.0. The molecule has 3 aliphatic heterocycles. The smallest absolute Gasteiger partial charge is 0.116 e. The molecule has 1 unspecified atom stereocenters. The number of aromatic hydroxyl groups is 1. The third kappa shape index (κ3) is 2.42. The molecule has 4 heteroatoms. The van der Waals surface area contributed by atoms with Crippen LogP contribution in [-0.2, 0) is 0 Å². The van der Waals surface area contributed by atoms with Gasteiger partial charge in [0.05, 0.1) is 11.6 Å². The van der Waals surface area contributed by atoms with Crippen LogP contribution in [0.4, 0.5) is 0 Å². The van der Waals surface area contributed by atoms with Crippen LogP contribution in [0.3, 0.4) is 0 Å². The second-order valence-electron chi connectivity index (χ2n) is 6.79. The number of piperidine rings is 3. The molecular formula is C19H22N2O2. The first-order valence-corrected chi connectivity index (χ1v) is 8.29. The van der Waals surface area contributed by atoms with Gasteiger partial charge in [-0.2, -0.15) is 0 Å². The number of phenolic OH excluding ortho intramolecular Hbond substituents is 1. The van der Waals surface area contributed by atoms with Crippen LogP contribution in [0, 0.1) is 11.8 Å². The number of phenols is 1. The van der Waals surface area contributed by atoms with Crippen molar-refractivity contribution in [1.29, 1.82) is 0 Å². The Morgan fingerprint density at radius 3 is 2.96 bits per heavy atom. The molecule has 4 nitrogen and oxygen atoms in total. The molecule has 0 saturated carbocycles. The minimum absolute atomic E-state index is 0.137. The Balaban J connectivity index is 1.69. The molecule has 2 N–H and O–H groups in total. The molecule has 23 heavy (non-hydrogen) atoms. The van der Waals surface area contributed by atoms with Crippen molar-refractivity contribution in [2.24, 2.45) is 11.8 Å². The van der Waals surface area contributed by atoms with Crippen LogP contribution in [0.5, 0.6) is 5.75 Å². The number of fused-ring (bicyclic) bond motifs is 4. The summed E-state index contributed by atoms with van der Waals surface area (Å²) in [4.78, 5) is 6.73. The van der Waals surface area contributed by atoms with E-state index in [1.807, 2.05) is 6.07 Å². The lowest BCUT2D eigenvalue weighted by Gasteiger charge is -2.50. The standard InChI is InChI=1S/C19H22N2O2/c1-2-12-11-21-8-6-13(12)9-18(21)19(23)15-5-7-20-17-4-3-14(22)10-16(15)17/h2-5,7,10,12-13,18-19,22-23H,1,6,8-9,11H2/t12-,13+,18+,19-/m0/s1. The summed E-state index contributed by atoms with van der Waals surface area (Å²) in [6.45, 7) is 5.99. The van der Waals surface area contributed by atoms with Gasteiger partial charge in [-0.1, -0.05) is 6.08 Å². The summed E-state index contributed by atoms with van der Waals surface area (Å²) in [6.07, 6.45) is 5.44. The fraction of sp³-hybridized carbons (Fsp3) is 0.421. The fourth-order valence-corrected chi connectivity index (χ4v) is 4.33. The molecule has 1 aromatic carbocycles. The molecule has 0 aliphatic carbocycles. The van der Waals surface area contributed by atoms with Gasteiger partial charge in [0.25, 0.3) is 0 Å². The minimum Gasteiger partial charge on any atom is -0.508 e. The first kappa shape index (κ1) is 14.7. The van der Waals surface area contributed by atoms with E-state index in [1.54, 1.807) is 24.4 Å². The van der Waals surface area contributed by atoms with Gasteiger partial charge >= 0.3 is 0 Å². The first-order valence-electron chi connectivity index (χ1n) is 8.29. The lowest BCUT2D eigenvalue weighted by Crippen LogP contribution is -2.54. The average Bonchev–Trinajstić information content (AvgIpc) is 2.60. The van der Waals surface area contributed by atoms with E-state index < -0.39 is 6.10 Å². The monoisotopic (exact) mass is 310 g/mol. The average molecular weight is 310 g/mol. The molecular weight excluding hydrogens is 288 g/mol. The van der Waals surface area contributed by atoms with Crippen LogP contribution in [0.15, 0.2) is 43.1 Å². The van der Waals surface area contributed by atoms with Crippen molar-refractivity contribution in [2.75, 3.05) is 13.1 Å². The van der Waals surface area contributed by atoms with Crippen LogP contribution in [0.1, 0.15) is 24.5 Å². The van der Waals surface area contributed by atoms with Gasteiger partial charge in [0.2, 0.25) is 0 Å². The SMILES string of the molecule is C=C[C@H]1CN2CC[C@@H]1C[C@@H]2[C@@H](O)c1ccnc2ccc(O)cc12. The third-order valence-electron chi connectivity index (χ3n) is 5.60. The van der Waals surface area contributed by atoms with Gasteiger partial charge in [0.15, 0.2) is 0 Å². The van der Waals surface area contributed by atoms with Crippen molar-refractivity contribution in [3.05, 3.63) is 48.7 Å². The van der Waals surface area contributed by atoms with E-state index in [0.717, 1.165) is 36.0 Å². The number of hydrogen-bond acceptors (Lipinski definition) is 4. The third-order valence-corrected chi connectivity index (χ3v) is 5.60. The van der Waals surface area contributed by atoms with Crippen molar-refractivity contribution in [3.63, 3.8) is 0 Å². The quantitative estimate of drug-likeness (QED) is 0.856. The molecule has 0 spiro atoms. The second-order valence-corrected chi connectivity index (χ2v) is 6.79. The number of aliphatic hydroxyl groups is 1. The predicted octanol–water partition coefficient (Wildman–Crippen LogP) is 2.87. The first-order chi connectivity index (χ1) is 11.2. The molecule has 3 fully saturated rings. The number of hydrogen-bond donors (Lipinski definition) is 2. The highest BCUT2D eigenvalue weighted by Gasteiger charge is 2.42. The molecule has 120 valence electrons. The lowest BCUT2D eigenvalue weighted by molar-refractivity contribution is -0.0444. The van der Waals surface area contributed by atoms with E-state index in [2.05, 4.69) is 22.5 Å². The van der Waals surface area contributed by atoms with Gasteiger partial charge in [0.1, 0.15) is 5.75 Å². The van der Waals surface area contributed by atoms with Crippen molar-refractivity contribution in [3.8, 4) is 5.75 Å². The minimum atomic E-state index is -0.559. The fourth-order valence-electron chi connectivity index (χ4n) is 4.33. The van der Waals surface area contributed by atoms with E-state index in [1.165, 1.54) is 6.42 Å². The van der Waals surface area contributed by atoms with Gasteiger partial charge in [-0.05, 0) is 61.1 Å². The molecule has 3 saturated heterocycles. The highest BCUT2D eigenvalue weighted by atomic mass is 16.3. The van der Waals surface area contributed by atoms with Crippen LogP contribution in [0.2, 0.25) is 0 Å². The van der Waals surface area contributed by atoms with Crippen LogP contribution < -0.4 is 0 Å². The van der Waals surface area contributed by atoms with Gasteiger partial charge in [-0.25, -0.2) is 0 Å². The Hall–Kier alpha value is -1.91. The number of aliphatic hydroxyl groups excluding tert-OH is 1. The van der Waals surface area contributed by atoms with Crippen LogP contribution in [0.25, 0.3) is 10.9 Å². The second kappa shape index (κ2) is 5.62. The van der Waals surface area contributed by atoms with Gasteiger partial charge in [-0.3, -0.25) is 9.88 Å². The topological polar surface area (TPSA) is 56.6 Å². The number of benzene rings is 1. The molecule has 3 aliphatic rings. The van der Waals surface area contributed by atoms with E-state index in [-0.39, 0.29) is 11.8 Å². The maximum Gasteiger partial charge on any atom is 0.116 e. The molecule has 2 aromatic rings. The lowest BCUT2D eigenvalue weighted by atomic mass is 9.73. The van der Waals surface area contributed by atoms with Crippen molar-refractivity contribution >= 4 is 10.9 Å². The van der Waals surface area contributed by atoms with E-state index >= 15 is 0 Å².